The smallest absolute Gasteiger partial charge is 0.303 e. The van der Waals surface area contributed by atoms with Gasteiger partial charge in [0.1, 0.15) is 0 Å². The summed E-state index contributed by atoms with van der Waals surface area (Å²) in [5, 5.41) is 8.81. The van der Waals surface area contributed by atoms with Crippen molar-refractivity contribution in [2.24, 2.45) is 5.92 Å². The van der Waals surface area contributed by atoms with Crippen molar-refractivity contribution in [3.05, 3.63) is 21.4 Å². The number of aryl methyl sites for hydroxylation is 2. The van der Waals surface area contributed by atoms with Crippen LogP contribution in [0, 0.1) is 5.92 Å². The summed E-state index contributed by atoms with van der Waals surface area (Å²) in [6.45, 7) is 1.39. The molecule has 1 aromatic heterocycles. The first-order chi connectivity index (χ1) is 9.63. The average Bonchev–Trinajstić information content (AvgIpc) is 2.98. The number of nitrogens with zero attached hydrogens (tertiary/aromatic N) is 1. The van der Waals surface area contributed by atoms with Gasteiger partial charge in [0.05, 0.1) is 4.88 Å². The first kappa shape index (κ1) is 13.6. The lowest BCUT2D eigenvalue weighted by atomic mass is 9.93. The van der Waals surface area contributed by atoms with E-state index in [9.17, 15) is 9.59 Å². The van der Waals surface area contributed by atoms with Gasteiger partial charge in [-0.25, -0.2) is 0 Å². The highest BCUT2D eigenvalue weighted by Gasteiger charge is 2.27. The van der Waals surface area contributed by atoms with Crippen LogP contribution < -0.4 is 0 Å². The molecule has 1 amide bonds. The van der Waals surface area contributed by atoms with Gasteiger partial charge in [-0.3, -0.25) is 9.59 Å². The molecule has 0 unspecified atom stereocenters. The van der Waals surface area contributed by atoms with E-state index >= 15 is 0 Å². The van der Waals surface area contributed by atoms with Crippen molar-refractivity contribution in [3.8, 4) is 0 Å². The van der Waals surface area contributed by atoms with Crippen LogP contribution in [0.15, 0.2) is 6.07 Å². The number of fused-ring (bicyclic) bond motifs is 1. The van der Waals surface area contributed by atoms with E-state index in [1.807, 2.05) is 4.90 Å². The van der Waals surface area contributed by atoms with Gasteiger partial charge in [-0.1, -0.05) is 0 Å². The van der Waals surface area contributed by atoms with Crippen LogP contribution in [0.3, 0.4) is 0 Å². The molecule has 20 heavy (non-hydrogen) atoms. The van der Waals surface area contributed by atoms with Crippen LogP contribution in [0.25, 0.3) is 0 Å². The lowest BCUT2D eigenvalue weighted by Crippen LogP contribution is -2.38. The number of hydrogen-bond acceptors (Lipinski definition) is 3. The van der Waals surface area contributed by atoms with Gasteiger partial charge in [0.2, 0.25) is 0 Å². The van der Waals surface area contributed by atoms with E-state index in [-0.39, 0.29) is 18.2 Å². The van der Waals surface area contributed by atoms with Crippen molar-refractivity contribution in [2.75, 3.05) is 13.1 Å². The van der Waals surface area contributed by atoms with Crippen LogP contribution in [0.4, 0.5) is 0 Å². The van der Waals surface area contributed by atoms with Crippen molar-refractivity contribution >= 4 is 23.2 Å². The summed E-state index contributed by atoms with van der Waals surface area (Å²) in [6.07, 6.45) is 5.30. The van der Waals surface area contributed by atoms with Crippen LogP contribution in [0.5, 0.6) is 0 Å². The molecule has 0 aromatic carbocycles. The molecule has 1 N–H and O–H groups in total. The zero-order valence-electron chi connectivity index (χ0n) is 11.4. The van der Waals surface area contributed by atoms with Crippen molar-refractivity contribution in [1.82, 2.24) is 4.90 Å². The molecule has 2 heterocycles. The predicted molar refractivity (Wildman–Crippen MR) is 77.2 cm³/mol. The van der Waals surface area contributed by atoms with Crippen LogP contribution in [-0.4, -0.2) is 35.0 Å². The Morgan fingerprint density at radius 3 is 2.70 bits per heavy atom. The third-order valence-corrected chi connectivity index (χ3v) is 5.55. The van der Waals surface area contributed by atoms with Crippen molar-refractivity contribution in [3.63, 3.8) is 0 Å². The summed E-state index contributed by atoms with van der Waals surface area (Å²) in [5.74, 6) is -0.368. The Kier molecular flexibility index (Phi) is 3.78. The molecule has 2 aliphatic rings. The molecule has 1 aliphatic heterocycles. The molecule has 4 nitrogen and oxygen atoms in total. The second-order valence-corrected chi connectivity index (χ2v) is 6.88. The van der Waals surface area contributed by atoms with E-state index in [1.54, 1.807) is 11.3 Å². The maximum Gasteiger partial charge on any atom is 0.303 e. The minimum atomic E-state index is -0.732. The number of amides is 1. The Morgan fingerprint density at radius 1 is 1.30 bits per heavy atom. The summed E-state index contributed by atoms with van der Waals surface area (Å²) < 4.78 is 0. The lowest BCUT2D eigenvalue weighted by molar-refractivity contribution is -0.138. The quantitative estimate of drug-likeness (QED) is 0.932. The second-order valence-electron chi connectivity index (χ2n) is 5.75. The monoisotopic (exact) mass is 293 g/mol. The van der Waals surface area contributed by atoms with E-state index in [2.05, 4.69) is 6.07 Å². The molecular weight excluding hydrogens is 274 g/mol. The maximum absolute atomic E-state index is 12.5. The summed E-state index contributed by atoms with van der Waals surface area (Å²) in [4.78, 5) is 27.3. The number of carboxylic acid groups (broad SMARTS) is 1. The topological polar surface area (TPSA) is 57.6 Å². The number of likely N-dealkylation sites (tertiary alicyclic amines) is 1. The van der Waals surface area contributed by atoms with Crippen LogP contribution in [0.2, 0.25) is 0 Å². The van der Waals surface area contributed by atoms with Gasteiger partial charge >= 0.3 is 5.97 Å². The summed E-state index contributed by atoms with van der Waals surface area (Å²) in [7, 11) is 0. The van der Waals surface area contributed by atoms with E-state index in [0.29, 0.717) is 13.1 Å². The Hall–Kier alpha value is -1.36. The zero-order chi connectivity index (χ0) is 14.1. The summed E-state index contributed by atoms with van der Waals surface area (Å²) >= 11 is 1.65. The number of aliphatic carboxylic acids is 1. The molecule has 3 rings (SSSR count). The number of rotatable bonds is 3. The van der Waals surface area contributed by atoms with Gasteiger partial charge in [-0.2, -0.15) is 0 Å². The van der Waals surface area contributed by atoms with Gasteiger partial charge < -0.3 is 10.0 Å². The van der Waals surface area contributed by atoms with Crippen LogP contribution in [0.1, 0.15) is 45.8 Å². The van der Waals surface area contributed by atoms with E-state index in [4.69, 9.17) is 5.11 Å². The summed E-state index contributed by atoms with van der Waals surface area (Å²) in [6, 6.07) is 2.07. The Bertz CT molecular complexity index is 508. The largest absolute Gasteiger partial charge is 0.481 e. The molecule has 1 aromatic rings. The fourth-order valence-corrected chi connectivity index (χ4v) is 4.40. The molecular formula is C15H19NO3S. The highest BCUT2D eigenvalue weighted by molar-refractivity contribution is 7.14. The van der Waals surface area contributed by atoms with Crippen molar-refractivity contribution in [2.45, 2.75) is 38.5 Å². The summed E-state index contributed by atoms with van der Waals surface area (Å²) in [5.41, 5.74) is 1.36. The minimum Gasteiger partial charge on any atom is -0.481 e. The Labute approximate surface area is 122 Å². The molecule has 0 saturated carbocycles. The number of carboxylic acids is 1. The molecule has 0 bridgehead atoms. The normalized spacial score (nSPS) is 19.1. The minimum absolute atomic E-state index is 0.137. The Morgan fingerprint density at radius 2 is 2.05 bits per heavy atom. The number of carbonyl (C=O) groups is 2. The van der Waals surface area contributed by atoms with Gasteiger partial charge in [0, 0.05) is 24.4 Å². The standard InChI is InChI=1S/C15H19NO3S/c17-14(18)8-10-4-6-16(7-5-10)15(19)13-9-11-2-1-3-12(11)20-13/h9-10H,1-8H2,(H,17,18). The van der Waals surface area contributed by atoms with Crippen molar-refractivity contribution < 1.29 is 14.7 Å². The van der Waals surface area contributed by atoms with E-state index < -0.39 is 5.97 Å². The second kappa shape index (κ2) is 5.56. The van der Waals surface area contributed by atoms with E-state index in [0.717, 1.165) is 30.6 Å². The molecule has 1 aliphatic carbocycles. The fourth-order valence-electron chi connectivity index (χ4n) is 3.18. The molecule has 0 spiro atoms. The molecule has 0 atom stereocenters. The molecule has 5 heteroatoms. The third kappa shape index (κ3) is 2.73. The van der Waals surface area contributed by atoms with Crippen LogP contribution >= 0.6 is 11.3 Å². The molecule has 108 valence electrons. The van der Waals surface area contributed by atoms with Gasteiger partial charge in [-0.15, -0.1) is 11.3 Å². The van der Waals surface area contributed by atoms with Gasteiger partial charge in [-0.05, 0) is 49.7 Å². The predicted octanol–water partition coefficient (Wildman–Crippen LogP) is 2.56. The number of hydrogen-bond donors (Lipinski definition) is 1. The van der Waals surface area contributed by atoms with Gasteiger partial charge in [0.15, 0.2) is 0 Å². The third-order valence-electron chi connectivity index (χ3n) is 4.32. The zero-order valence-corrected chi connectivity index (χ0v) is 12.2. The molecule has 0 radical (unpaired) electrons. The number of carbonyl (C=O) groups excluding carboxylic acids is 1. The van der Waals surface area contributed by atoms with Crippen LogP contribution in [-0.2, 0) is 17.6 Å². The fraction of sp³-hybridized carbons (Fsp3) is 0.600. The Balaban J connectivity index is 1.60. The molecule has 1 fully saturated rings. The lowest BCUT2D eigenvalue weighted by Gasteiger charge is -2.31. The first-order valence-corrected chi connectivity index (χ1v) is 8.08. The SMILES string of the molecule is O=C(O)CC1CCN(C(=O)c2cc3c(s2)CCC3)CC1. The number of piperidine rings is 1. The highest BCUT2D eigenvalue weighted by Crippen LogP contribution is 2.32. The number of thiophene rings is 1. The van der Waals surface area contributed by atoms with Crippen molar-refractivity contribution in [1.29, 1.82) is 0 Å². The first-order valence-electron chi connectivity index (χ1n) is 7.26. The molecule has 1 saturated heterocycles. The van der Waals surface area contributed by atoms with E-state index in [1.165, 1.54) is 16.9 Å². The average molecular weight is 293 g/mol. The van der Waals surface area contributed by atoms with Gasteiger partial charge in [0.25, 0.3) is 5.91 Å². The maximum atomic E-state index is 12.5. The highest BCUT2D eigenvalue weighted by atomic mass is 32.1.